The lowest BCUT2D eigenvalue weighted by molar-refractivity contribution is -0.128. The molecule has 2 aromatic rings. The molecule has 1 unspecified atom stereocenters. The van der Waals surface area contributed by atoms with Crippen LogP contribution in [0.2, 0.25) is 0 Å². The number of nitrogens with zero attached hydrogens (tertiary/aromatic N) is 3. The Labute approximate surface area is 174 Å². The lowest BCUT2D eigenvalue weighted by atomic mass is 9.99. The smallest absolute Gasteiger partial charge is 0.237 e. The van der Waals surface area contributed by atoms with Gasteiger partial charge in [-0.3, -0.25) is 14.7 Å². The van der Waals surface area contributed by atoms with E-state index in [0.29, 0.717) is 12.0 Å². The second-order valence-corrected chi connectivity index (χ2v) is 9.00. The number of nitrogens with one attached hydrogen (secondary N) is 1. The van der Waals surface area contributed by atoms with Crippen LogP contribution >= 0.6 is 0 Å². The predicted molar refractivity (Wildman–Crippen MR) is 119 cm³/mol. The first-order valence-electron chi connectivity index (χ1n) is 11.2. The fraction of sp³-hybridized carbons (Fsp3) is 0.583. The van der Waals surface area contributed by atoms with Crippen molar-refractivity contribution in [3.63, 3.8) is 0 Å². The van der Waals surface area contributed by atoms with Gasteiger partial charge in [0, 0.05) is 49.0 Å². The Hall–Kier alpha value is -2.14. The molecule has 1 aliphatic carbocycles. The highest BCUT2D eigenvalue weighted by molar-refractivity contribution is 5.92. The Morgan fingerprint density at radius 2 is 1.79 bits per heavy atom. The van der Waals surface area contributed by atoms with Crippen LogP contribution < -0.4 is 10.2 Å². The maximum atomic E-state index is 13.0. The van der Waals surface area contributed by atoms with E-state index in [-0.39, 0.29) is 11.9 Å². The number of hydrogen-bond donors (Lipinski definition) is 1. The number of hydrogen-bond acceptors (Lipinski definition) is 4. The first-order valence-corrected chi connectivity index (χ1v) is 11.2. The zero-order valence-corrected chi connectivity index (χ0v) is 18.0. The molecule has 1 saturated carbocycles. The normalized spacial score (nSPS) is 19.8. The summed E-state index contributed by atoms with van der Waals surface area (Å²) in [6.07, 6.45) is 4.77. The summed E-state index contributed by atoms with van der Waals surface area (Å²) >= 11 is 0. The molecular formula is C24H34N4O. The van der Waals surface area contributed by atoms with Gasteiger partial charge in [0.05, 0.1) is 11.6 Å². The average Bonchev–Trinajstić information content (AvgIpc) is 3.20. The number of pyridine rings is 1. The minimum Gasteiger partial charge on any atom is -0.368 e. The van der Waals surface area contributed by atoms with E-state index < -0.39 is 0 Å². The van der Waals surface area contributed by atoms with Crippen LogP contribution in [0.25, 0.3) is 10.9 Å². The lowest BCUT2D eigenvalue weighted by Crippen LogP contribution is -2.57. The number of benzene rings is 1. The number of carbonyl (C=O) groups excluding carboxylic acids is 1. The summed E-state index contributed by atoms with van der Waals surface area (Å²) < 4.78 is 0. The topological polar surface area (TPSA) is 48.5 Å². The molecule has 1 amide bonds. The van der Waals surface area contributed by atoms with Crippen LogP contribution in [0.3, 0.4) is 0 Å². The SMILES string of the molecule is Cc1cc(N2CCN(C(C(=O)NC3CCCC3)C(C)C)CC2)c2ccccc2n1. The van der Waals surface area contributed by atoms with Gasteiger partial charge in [-0.1, -0.05) is 44.9 Å². The number of para-hydroxylation sites is 1. The van der Waals surface area contributed by atoms with Gasteiger partial charge in [-0.15, -0.1) is 0 Å². The summed E-state index contributed by atoms with van der Waals surface area (Å²) in [6.45, 7) is 10.1. The second-order valence-electron chi connectivity index (χ2n) is 9.00. The van der Waals surface area contributed by atoms with Crippen LogP contribution in [-0.4, -0.2) is 54.1 Å². The summed E-state index contributed by atoms with van der Waals surface area (Å²) in [5, 5.41) is 4.54. The lowest BCUT2D eigenvalue weighted by Gasteiger charge is -2.41. The molecule has 2 aliphatic rings. The molecule has 0 radical (unpaired) electrons. The molecule has 1 N–H and O–H groups in total. The third-order valence-corrected chi connectivity index (χ3v) is 6.47. The fourth-order valence-corrected chi connectivity index (χ4v) is 5.04. The van der Waals surface area contributed by atoms with Crippen LogP contribution in [0, 0.1) is 12.8 Å². The summed E-state index contributed by atoms with van der Waals surface area (Å²) in [4.78, 5) is 22.6. The van der Waals surface area contributed by atoms with E-state index in [1.165, 1.54) is 23.9 Å². The molecule has 5 heteroatoms. The van der Waals surface area contributed by atoms with Gasteiger partial charge in [-0.05, 0) is 37.8 Å². The predicted octanol–water partition coefficient (Wildman–Crippen LogP) is 3.75. The molecule has 0 bridgehead atoms. The van der Waals surface area contributed by atoms with E-state index in [4.69, 9.17) is 0 Å². The van der Waals surface area contributed by atoms with Crippen LogP contribution in [0.1, 0.15) is 45.2 Å². The van der Waals surface area contributed by atoms with E-state index in [0.717, 1.165) is 50.2 Å². The molecule has 2 fully saturated rings. The Morgan fingerprint density at radius 3 is 2.48 bits per heavy atom. The number of piperazine rings is 1. The van der Waals surface area contributed by atoms with E-state index in [1.807, 2.05) is 6.07 Å². The van der Waals surface area contributed by atoms with Crippen LogP contribution in [0.15, 0.2) is 30.3 Å². The number of fused-ring (bicyclic) bond motifs is 1. The second kappa shape index (κ2) is 8.70. The van der Waals surface area contributed by atoms with E-state index in [2.05, 4.69) is 65.1 Å². The molecular weight excluding hydrogens is 360 g/mol. The highest BCUT2D eigenvalue weighted by Gasteiger charge is 2.33. The van der Waals surface area contributed by atoms with Gasteiger partial charge >= 0.3 is 0 Å². The first kappa shape index (κ1) is 20.1. The number of amides is 1. The van der Waals surface area contributed by atoms with Crippen molar-refractivity contribution >= 4 is 22.5 Å². The first-order chi connectivity index (χ1) is 14.0. The summed E-state index contributed by atoms with van der Waals surface area (Å²) in [5.41, 5.74) is 3.38. The molecule has 4 rings (SSSR count). The van der Waals surface area contributed by atoms with Gasteiger partial charge in [0.15, 0.2) is 0 Å². The summed E-state index contributed by atoms with van der Waals surface area (Å²) in [6, 6.07) is 10.9. The third-order valence-electron chi connectivity index (χ3n) is 6.47. The zero-order valence-electron chi connectivity index (χ0n) is 18.0. The number of aromatic nitrogens is 1. The number of rotatable bonds is 5. The molecule has 1 aliphatic heterocycles. The van der Waals surface area contributed by atoms with Crippen molar-refractivity contribution in [2.75, 3.05) is 31.1 Å². The van der Waals surface area contributed by atoms with Crippen molar-refractivity contribution in [3.05, 3.63) is 36.0 Å². The molecule has 29 heavy (non-hydrogen) atoms. The highest BCUT2D eigenvalue weighted by atomic mass is 16.2. The van der Waals surface area contributed by atoms with Crippen LogP contribution in [-0.2, 0) is 4.79 Å². The highest BCUT2D eigenvalue weighted by Crippen LogP contribution is 2.28. The zero-order chi connectivity index (χ0) is 20.4. The number of carbonyl (C=O) groups is 1. The van der Waals surface area contributed by atoms with Crippen molar-refractivity contribution in [2.24, 2.45) is 5.92 Å². The van der Waals surface area contributed by atoms with Crippen molar-refractivity contribution in [2.45, 2.75) is 58.5 Å². The van der Waals surface area contributed by atoms with E-state index >= 15 is 0 Å². The molecule has 0 spiro atoms. The molecule has 1 aromatic heterocycles. The van der Waals surface area contributed by atoms with Gasteiger partial charge in [0.25, 0.3) is 0 Å². The average molecular weight is 395 g/mol. The maximum absolute atomic E-state index is 13.0. The van der Waals surface area contributed by atoms with Crippen molar-refractivity contribution in [1.82, 2.24) is 15.2 Å². The van der Waals surface area contributed by atoms with E-state index in [9.17, 15) is 4.79 Å². The molecule has 1 atom stereocenters. The molecule has 156 valence electrons. The number of aryl methyl sites for hydroxylation is 1. The summed E-state index contributed by atoms with van der Waals surface area (Å²) in [5.74, 6) is 0.539. The third kappa shape index (κ3) is 4.40. The van der Waals surface area contributed by atoms with Crippen LogP contribution in [0.5, 0.6) is 0 Å². The number of anilines is 1. The van der Waals surface area contributed by atoms with Crippen LogP contribution in [0.4, 0.5) is 5.69 Å². The molecule has 2 heterocycles. The van der Waals surface area contributed by atoms with Crippen molar-refractivity contribution in [3.8, 4) is 0 Å². The monoisotopic (exact) mass is 394 g/mol. The molecule has 1 aromatic carbocycles. The van der Waals surface area contributed by atoms with E-state index in [1.54, 1.807) is 0 Å². The molecule has 5 nitrogen and oxygen atoms in total. The van der Waals surface area contributed by atoms with Gasteiger partial charge in [-0.2, -0.15) is 0 Å². The van der Waals surface area contributed by atoms with Crippen molar-refractivity contribution < 1.29 is 4.79 Å². The largest absolute Gasteiger partial charge is 0.368 e. The Bertz CT molecular complexity index is 851. The Kier molecular flexibility index (Phi) is 6.04. The van der Waals surface area contributed by atoms with Crippen molar-refractivity contribution in [1.29, 1.82) is 0 Å². The maximum Gasteiger partial charge on any atom is 0.237 e. The standard InChI is InChI=1S/C24H34N4O/c1-17(2)23(24(29)26-19-8-4-5-9-19)28-14-12-27(13-15-28)22-16-18(3)25-21-11-7-6-10-20(21)22/h6-7,10-11,16-17,19,23H,4-5,8-9,12-15H2,1-3H3,(H,26,29). The van der Waals surface area contributed by atoms with Gasteiger partial charge in [0.2, 0.25) is 5.91 Å². The minimum atomic E-state index is -0.0336. The minimum absolute atomic E-state index is 0.0336. The quantitative estimate of drug-likeness (QED) is 0.839. The van der Waals surface area contributed by atoms with Gasteiger partial charge < -0.3 is 10.2 Å². The Morgan fingerprint density at radius 1 is 1.10 bits per heavy atom. The van der Waals surface area contributed by atoms with Gasteiger partial charge in [-0.25, -0.2) is 0 Å². The fourth-order valence-electron chi connectivity index (χ4n) is 5.04. The summed E-state index contributed by atoms with van der Waals surface area (Å²) in [7, 11) is 0. The van der Waals surface area contributed by atoms with Gasteiger partial charge in [0.1, 0.15) is 0 Å². The Balaban J connectivity index is 1.46. The molecule has 1 saturated heterocycles.